The third-order valence-corrected chi connectivity index (χ3v) is 4.48. The molecule has 0 saturated carbocycles. The quantitative estimate of drug-likeness (QED) is 0.382. The van der Waals surface area contributed by atoms with Gasteiger partial charge in [0.25, 0.3) is 0 Å². The van der Waals surface area contributed by atoms with E-state index in [2.05, 4.69) is 25.7 Å². The summed E-state index contributed by atoms with van der Waals surface area (Å²) in [6.45, 7) is 4.42. The Morgan fingerprint density at radius 1 is 0.857 bits per heavy atom. The second-order valence-corrected chi connectivity index (χ2v) is 6.75. The van der Waals surface area contributed by atoms with Crippen molar-refractivity contribution < 1.29 is 19.1 Å². The molecule has 1 aromatic rings. The zero-order valence-corrected chi connectivity index (χ0v) is 16.9. The van der Waals surface area contributed by atoms with Gasteiger partial charge in [-0.3, -0.25) is 0 Å². The van der Waals surface area contributed by atoms with Crippen molar-refractivity contribution in [1.29, 1.82) is 0 Å². The van der Waals surface area contributed by atoms with Crippen molar-refractivity contribution in [3.63, 3.8) is 0 Å². The fourth-order valence-corrected chi connectivity index (χ4v) is 2.68. The summed E-state index contributed by atoms with van der Waals surface area (Å²) in [6, 6.07) is 6.44. The van der Waals surface area contributed by atoms with Crippen molar-refractivity contribution in [1.82, 2.24) is 0 Å². The van der Waals surface area contributed by atoms with Gasteiger partial charge in [-0.15, -0.1) is 12.8 Å². The van der Waals surface area contributed by atoms with Crippen LogP contribution in [0.2, 0.25) is 0 Å². The van der Waals surface area contributed by atoms with Gasteiger partial charge in [-0.25, -0.2) is 9.59 Å². The molecular formula is C24H30O4. The third-order valence-electron chi connectivity index (χ3n) is 4.48. The summed E-state index contributed by atoms with van der Waals surface area (Å²) in [5.41, 5.74) is 0.342. The Bertz CT molecular complexity index is 647. The van der Waals surface area contributed by atoms with Gasteiger partial charge in [0.1, 0.15) is 13.2 Å². The van der Waals surface area contributed by atoms with Gasteiger partial charge in [-0.2, -0.15) is 0 Å². The molecule has 2 atom stereocenters. The number of hydrogen-bond acceptors (Lipinski definition) is 4. The second-order valence-electron chi connectivity index (χ2n) is 6.75. The molecule has 0 aromatic heterocycles. The van der Waals surface area contributed by atoms with Crippen LogP contribution in [0, 0.1) is 36.5 Å². The fourth-order valence-electron chi connectivity index (χ4n) is 2.68. The molecule has 1 rings (SSSR count). The predicted octanol–water partition coefficient (Wildman–Crippen LogP) is 4.88. The molecule has 4 nitrogen and oxygen atoms in total. The molecule has 28 heavy (non-hydrogen) atoms. The zero-order chi connectivity index (χ0) is 20.8. The van der Waals surface area contributed by atoms with Crippen LogP contribution in [0.25, 0.3) is 0 Å². The molecule has 150 valence electrons. The fraction of sp³-hybridized carbons (Fsp3) is 0.500. The minimum absolute atomic E-state index is 0.127. The summed E-state index contributed by atoms with van der Waals surface area (Å²) in [7, 11) is 0. The number of benzene rings is 1. The monoisotopic (exact) mass is 382 g/mol. The van der Waals surface area contributed by atoms with Gasteiger partial charge in [0.05, 0.1) is 23.0 Å². The number of carbonyl (C=O) groups excluding carboxylic acids is 2. The van der Waals surface area contributed by atoms with Gasteiger partial charge in [0.2, 0.25) is 0 Å². The highest BCUT2D eigenvalue weighted by molar-refractivity contribution is 6.03. The topological polar surface area (TPSA) is 52.6 Å². The molecule has 0 N–H and O–H groups in total. The molecule has 0 aliphatic carbocycles. The van der Waals surface area contributed by atoms with Crippen molar-refractivity contribution in [2.24, 2.45) is 11.8 Å². The predicted molar refractivity (Wildman–Crippen MR) is 111 cm³/mol. The maximum Gasteiger partial charge on any atom is 0.339 e. The lowest BCUT2D eigenvalue weighted by Crippen LogP contribution is -2.19. The molecule has 4 heteroatoms. The summed E-state index contributed by atoms with van der Waals surface area (Å²) >= 11 is 0. The molecule has 2 unspecified atom stereocenters. The van der Waals surface area contributed by atoms with Crippen molar-refractivity contribution in [2.45, 2.75) is 52.4 Å². The van der Waals surface area contributed by atoms with Crippen LogP contribution >= 0.6 is 0 Å². The highest BCUT2D eigenvalue weighted by atomic mass is 16.5. The lowest BCUT2D eigenvalue weighted by molar-refractivity contribution is 0.0417. The van der Waals surface area contributed by atoms with Gasteiger partial charge in [0, 0.05) is 0 Å². The molecule has 0 amide bonds. The minimum Gasteiger partial charge on any atom is -0.461 e. The van der Waals surface area contributed by atoms with Crippen molar-refractivity contribution >= 4 is 11.9 Å². The van der Waals surface area contributed by atoms with Crippen molar-refractivity contribution in [3.05, 3.63) is 35.4 Å². The Labute approximate surface area is 169 Å². The average Bonchev–Trinajstić information content (AvgIpc) is 2.73. The van der Waals surface area contributed by atoms with Crippen LogP contribution in [0.3, 0.4) is 0 Å². The molecule has 0 heterocycles. The number of carbonyl (C=O) groups is 2. The van der Waals surface area contributed by atoms with Crippen molar-refractivity contribution in [2.75, 3.05) is 13.2 Å². The Morgan fingerprint density at radius 3 is 1.57 bits per heavy atom. The molecule has 0 bridgehead atoms. The summed E-state index contributed by atoms with van der Waals surface area (Å²) in [5.74, 6) is 3.89. The van der Waals surface area contributed by atoms with Crippen LogP contribution in [0.15, 0.2) is 24.3 Å². The maximum atomic E-state index is 12.5. The first kappa shape index (κ1) is 23.3. The molecule has 0 aliphatic rings. The van der Waals surface area contributed by atoms with Crippen LogP contribution < -0.4 is 0 Å². The number of ether oxygens (including phenoxy) is 2. The van der Waals surface area contributed by atoms with Crippen LogP contribution in [0.1, 0.15) is 73.1 Å². The molecular weight excluding hydrogens is 352 g/mol. The first-order valence-electron chi connectivity index (χ1n) is 9.92. The third kappa shape index (κ3) is 7.89. The zero-order valence-electron chi connectivity index (χ0n) is 16.9. The molecule has 0 fully saturated rings. The van der Waals surface area contributed by atoms with E-state index in [0.29, 0.717) is 0 Å². The van der Waals surface area contributed by atoms with Gasteiger partial charge < -0.3 is 9.47 Å². The smallest absolute Gasteiger partial charge is 0.339 e. The van der Waals surface area contributed by atoms with Gasteiger partial charge in [0.15, 0.2) is 0 Å². The molecule has 0 aliphatic heterocycles. The number of esters is 2. The second kappa shape index (κ2) is 13.4. The molecule has 0 radical (unpaired) electrons. The van der Waals surface area contributed by atoms with E-state index in [1.54, 1.807) is 24.3 Å². The first-order chi connectivity index (χ1) is 13.6. The first-order valence-corrected chi connectivity index (χ1v) is 9.92. The maximum absolute atomic E-state index is 12.5. The Balaban J connectivity index is 2.72. The minimum atomic E-state index is -0.580. The highest BCUT2D eigenvalue weighted by Crippen LogP contribution is 2.16. The Kier molecular flexibility index (Phi) is 11.2. The van der Waals surface area contributed by atoms with Crippen LogP contribution in [0.5, 0.6) is 0 Å². The number of terminal acetylenes is 2. The van der Waals surface area contributed by atoms with Gasteiger partial charge in [-0.1, -0.05) is 63.5 Å². The van der Waals surface area contributed by atoms with Crippen molar-refractivity contribution in [3.8, 4) is 24.7 Å². The lowest BCUT2D eigenvalue weighted by Gasteiger charge is -2.14. The van der Waals surface area contributed by atoms with Crippen LogP contribution in [-0.2, 0) is 9.47 Å². The van der Waals surface area contributed by atoms with E-state index >= 15 is 0 Å². The van der Waals surface area contributed by atoms with E-state index in [1.165, 1.54) is 0 Å². The summed E-state index contributed by atoms with van der Waals surface area (Å²) in [4.78, 5) is 24.9. The van der Waals surface area contributed by atoms with E-state index in [9.17, 15) is 9.59 Å². The van der Waals surface area contributed by atoms with E-state index in [4.69, 9.17) is 22.3 Å². The van der Waals surface area contributed by atoms with Gasteiger partial charge >= 0.3 is 11.9 Å². The van der Waals surface area contributed by atoms with Gasteiger partial charge in [-0.05, 0) is 25.0 Å². The van der Waals surface area contributed by atoms with E-state index < -0.39 is 11.9 Å². The molecule has 1 aromatic carbocycles. The normalized spacial score (nSPS) is 12.3. The van der Waals surface area contributed by atoms with E-state index in [1.807, 2.05) is 0 Å². The SMILES string of the molecule is C#CC(CCCC)COC(=O)c1ccccc1C(=O)OCC(C#C)CCCC. The summed E-state index contributed by atoms with van der Waals surface area (Å²) in [5, 5.41) is 0. The van der Waals surface area contributed by atoms with E-state index in [-0.39, 0.29) is 36.2 Å². The number of hydrogen-bond donors (Lipinski definition) is 0. The Hall–Kier alpha value is -2.72. The number of unbranched alkanes of at least 4 members (excludes halogenated alkanes) is 2. The molecule has 0 saturated heterocycles. The average molecular weight is 383 g/mol. The lowest BCUT2D eigenvalue weighted by atomic mass is 10.0. The largest absolute Gasteiger partial charge is 0.461 e. The highest BCUT2D eigenvalue weighted by Gasteiger charge is 2.20. The summed E-state index contributed by atoms with van der Waals surface area (Å²) in [6.07, 6.45) is 16.6. The van der Waals surface area contributed by atoms with Crippen LogP contribution in [-0.4, -0.2) is 25.2 Å². The standard InChI is InChI=1S/C24H30O4/c1-5-9-13-19(7-3)17-27-23(25)21-15-11-12-16-22(21)24(26)28-18-20(8-4)14-10-6-2/h3-4,11-12,15-16,19-20H,5-6,9-10,13-14,17-18H2,1-2H3. The Morgan fingerprint density at radius 2 is 1.25 bits per heavy atom. The van der Waals surface area contributed by atoms with Crippen LogP contribution in [0.4, 0.5) is 0 Å². The molecule has 0 spiro atoms. The summed E-state index contributed by atoms with van der Waals surface area (Å²) < 4.78 is 10.7. The van der Waals surface area contributed by atoms with E-state index in [0.717, 1.165) is 38.5 Å². The number of rotatable bonds is 12.